The van der Waals surface area contributed by atoms with Gasteiger partial charge in [-0.1, -0.05) is 53.8 Å². The van der Waals surface area contributed by atoms with Crippen molar-refractivity contribution in [2.24, 2.45) is 0 Å². The Labute approximate surface area is 146 Å². The number of halogens is 1. The summed E-state index contributed by atoms with van der Waals surface area (Å²) >= 11 is 3.10. The molecule has 2 heterocycles. The van der Waals surface area contributed by atoms with Crippen LogP contribution in [0.15, 0.2) is 54.6 Å². The highest BCUT2D eigenvalue weighted by atomic mass is 32.2. The van der Waals surface area contributed by atoms with E-state index in [0.717, 1.165) is 11.6 Å². The van der Waals surface area contributed by atoms with Crippen molar-refractivity contribution >= 4 is 28.1 Å². The lowest BCUT2D eigenvalue weighted by Crippen LogP contribution is -1.95. The molecule has 0 unspecified atom stereocenters. The molecule has 4 rings (SSSR count). The van der Waals surface area contributed by atoms with E-state index >= 15 is 0 Å². The summed E-state index contributed by atoms with van der Waals surface area (Å²) in [5.74, 6) is 2.11. The zero-order valence-electron chi connectivity index (χ0n) is 12.6. The summed E-state index contributed by atoms with van der Waals surface area (Å²) in [6.07, 6.45) is 0. The summed E-state index contributed by atoms with van der Waals surface area (Å²) in [6.45, 7) is 0. The predicted molar refractivity (Wildman–Crippen MR) is 95.5 cm³/mol. The zero-order chi connectivity index (χ0) is 16.4. The van der Waals surface area contributed by atoms with Gasteiger partial charge in [0.05, 0.1) is 5.75 Å². The molecule has 2 aromatic heterocycles. The highest BCUT2D eigenvalue weighted by molar-refractivity contribution is 7.97. The van der Waals surface area contributed by atoms with Crippen LogP contribution < -0.4 is 0 Å². The number of aromatic nitrogens is 4. The smallest absolute Gasteiger partial charge is 0.206 e. The fourth-order valence-electron chi connectivity index (χ4n) is 2.33. The Kier molecular flexibility index (Phi) is 4.27. The van der Waals surface area contributed by atoms with Crippen molar-refractivity contribution in [3.8, 4) is 10.6 Å². The van der Waals surface area contributed by atoms with Gasteiger partial charge < -0.3 is 0 Å². The highest BCUT2D eigenvalue weighted by Gasteiger charge is 2.15. The third-order valence-corrected chi connectivity index (χ3v) is 5.43. The van der Waals surface area contributed by atoms with Crippen molar-refractivity contribution in [1.82, 2.24) is 19.8 Å². The van der Waals surface area contributed by atoms with Crippen molar-refractivity contribution in [1.29, 1.82) is 0 Å². The van der Waals surface area contributed by atoms with E-state index in [0.29, 0.717) is 21.3 Å². The molecule has 7 heteroatoms. The minimum absolute atomic E-state index is 0.275. The molecule has 120 valence electrons. The summed E-state index contributed by atoms with van der Waals surface area (Å²) in [4.78, 5) is 0.684. The SMILES string of the molecule is Fc1ccccc1-c1nn2c(CSCc3ccccc3)nnc2s1. The molecule has 0 radical (unpaired) electrons. The van der Waals surface area contributed by atoms with Crippen molar-refractivity contribution in [2.75, 3.05) is 0 Å². The van der Waals surface area contributed by atoms with Crippen LogP contribution >= 0.6 is 23.1 Å². The molecule has 4 aromatic rings. The Balaban J connectivity index is 1.53. The first kappa shape index (κ1) is 15.3. The average Bonchev–Trinajstić information content (AvgIpc) is 3.18. The molecule has 0 amide bonds. The van der Waals surface area contributed by atoms with Gasteiger partial charge in [0.25, 0.3) is 0 Å². The maximum atomic E-state index is 13.9. The Morgan fingerprint density at radius 1 is 0.958 bits per heavy atom. The molecular weight excluding hydrogens is 343 g/mol. The van der Waals surface area contributed by atoms with Crippen LogP contribution in [-0.4, -0.2) is 19.8 Å². The van der Waals surface area contributed by atoms with Crippen molar-refractivity contribution in [3.63, 3.8) is 0 Å². The second-order valence-corrected chi connectivity index (χ2v) is 7.12. The first-order chi connectivity index (χ1) is 11.8. The fraction of sp³-hybridized carbons (Fsp3) is 0.118. The van der Waals surface area contributed by atoms with E-state index in [9.17, 15) is 4.39 Å². The van der Waals surface area contributed by atoms with E-state index in [4.69, 9.17) is 0 Å². The molecule has 24 heavy (non-hydrogen) atoms. The Hall–Kier alpha value is -2.25. The van der Waals surface area contributed by atoms with Crippen LogP contribution in [0.25, 0.3) is 15.5 Å². The zero-order valence-corrected chi connectivity index (χ0v) is 14.2. The Morgan fingerprint density at radius 2 is 1.75 bits per heavy atom. The summed E-state index contributed by atoms with van der Waals surface area (Å²) in [5, 5.41) is 13.4. The van der Waals surface area contributed by atoms with E-state index < -0.39 is 0 Å². The minimum atomic E-state index is -0.275. The summed E-state index contributed by atoms with van der Waals surface area (Å²) in [5.41, 5.74) is 1.77. The highest BCUT2D eigenvalue weighted by Crippen LogP contribution is 2.28. The third kappa shape index (κ3) is 3.05. The number of hydrogen-bond acceptors (Lipinski definition) is 5. The predicted octanol–water partition coefficient (Wildman–Crippen LogP) is 4.43. The van der Waals surface area contributed by atoms with E-state index in [2.05, 4.69) is 27.4 Å². The lowest BCUT2D eigenvalue weighted by Gasteiger charge is -2.00. The van der Waals surface area contributed by atoms with Crippen molar-refractivity contribution < 1.29 is 4.39 Å². The van der Waals surface area contributed by atoms with Crippen molar-refractivity contribution in [3.05, 3.63) is 71.8 Å². The number of thioether (sulfide) groups is 1. The molecule has 0 saturated carbocycles. The molecule has 0 aliphatic rings. The van der Waals surface area contributed by atoms with Gasteiger partial charge >= 0.3 is 0 Å². The molecule has 0 N–H and O–H groups in total. The second kappa shape index (κ2) is 6.70. The summed E-state index contributed by atoms with van der Waals surface area (Å²) < 4.78 is 15.6. The van der Waals surface area contributed by atoms with Crippen LogP contribution in [0.5, 0.6) is 0 Å². The summed E-state index contributed by atoms with van der Waals surface area (Å²) in [6, 6.07) is 16.9. The van der Waals surface area contributed by atoms with Gasteiger partial charge in [-0.25, -0.2) is 4.39 Å². The van der Waals surface area contributed by atoms with Crippen LogP contribution in [-0.2, 0) is 11.5 Å². The molecule has 0 spiro atoms. The van der Waals surface area contributed by atoms with E-state index in [-0.39, 0.29) is 5.82 Å². The normalized spacial score (nSPS) is 11.2. The van der Waals surface area contributed by atoms with Gasteiger partial charge in [-0.15, -0.1) is 22.0 Å². The number of rotatable bonds is 5. The lowest BCUT2D eigenvalue weighted by atomic mass is 10.2. The minimum Gasteiger partial charge on any atom is -0.206 e. The molecule has 0 bridgehead atoms. The number of fused-ring (bicyclic) bond motifs is 1. The van der Waals surface area contributed by atoms with E-state index in [1.807, 2.05) is 18.2 Å². The molecule has 4 nitrogen and oxygen atoms in total. The van der Waals surface area contributed by atoms with Crippen LogP contribution in [0.3, 0.4) is 0 Å². The topological polar surface area (TPSA) is 43.1 Å². The first-order valence-electron chi connectivity index (χ1n) is 7.39. The van der Waals surface area contributed by atoms with Crippen LogP contribution in [0, 0.1) is 5.82 Å². The Bertz CT molecular complexity index is 965. The first-order valence-corrected chi connectivity index (χ1v) is 9.36. The molecule has 2 aromatic carbocycles. The molecule has 0 fully saturated rings. The van der Waals surface area contributed by atoms with Crippen LogP contribution in [0.4, 0.5) is 4.39 Å². The van der Waals surface area contributed by atoms with Crippen LogP contribution in [0.2, 0.25) is 0 Å². The molecule has 0 aliphatic heterocycles. The molecular formula is C17H13FN4S2. The van der Waals surface area contributed by atoms with E-state index in [1.54, 1.807) is 34.5 Å². The average molecular weight is 356 g/mol. The largest absolute Gasteiger partial charge is 0.235 e. The number of hydrogen-bond donors (Lipinski definition) is 0. The lowest BCUT2D eigenvalue weighted by molar-refractivity contribution is 0.630. The molecule has 0 saturated heterocycles. The van der Waals surface area contributed by atoms with Crippen molar-refractivity contribution in [2.45, 2.75) is 11.5 Å². The van der Waals surface area contributed by atoms with Gasteiger partial charge in [0.2, 0.25) is 4.96 Å². The summed E-state index contributed by atoms with van der Waals surface area (Å²) in [7, 11) is 0. The van der Waals surface area contributed by atoms with Gasteiger partial charge in [0, 0.05) is 11.3 Å². The molecule has 0 atom stereocenters. The van der Waals surface area contributed by atoms with Gasteiger partial charge in [0.15, 0.2) is 10.8 Å². The monoisotopic (exact) mass is 356 g/mol. The van der Waals surface area contributed by atoms with Gasteiger partial charge in [-0.3, -0.25) is 0 Å². The van der Waals surface area contributed by atoms with Gasteiger partial charge in [-0.05, 0) is 17.7 Å². The maximum absolute atomic E-state index is 13.9. The number of nitrogens with zero attached hydrogens (tertiary/aromatic N) is 4. The second-order valence-electron chi connectivity index (χ2n) is 5.18. The van der Waals surface area contributed by atoms with Gasteiger partial charge in [0.1, 0.15) is 5.82 Å². The quantitative estimate of drug-likeness (QED) is 0.531. The molecule has 0 aliphatic carbocycles. The van der Waals surface area contributed by atoms with Crippen LogP contribution in [0.1, 0.15) is 11.4 Å². The standard InChI is InChI=1S/C17H13FN4S2/c18-14-9-5-4-8-13(14)16-21-22-15(19-20-17(22)24-16)11-23-10-12-6-2-1-3-7-12/h1-9H,10-11H2. The maximum Gasteiger partial charge on any atom is 0.235 e. The fourth-order valence-corrected chi connectivity index (χ4v) is 4.10. The Morgan fingerprint density at radius 3 is 2.58 bits per heavy atom. The van der Waals surface area contributed by atoms with Gasteiger partial charge in [-0.2, -0.15) is 9.61 Å². The third-order valence-electron chi connectivity index (χ3n) is 3.50. The van der Waals surface area contributed by atoms with E-state index in [1.165, 1.54) is 23.0 Å². The number of benzene rings is 2.